The Balaban J connectivity index is 1.63. The van der Waals surface area contributed by atoms with Crippen molar-refractivity contribution in [1.82, 2.24) is 9.97 Å². The smallest absolute Gasteiger partial charge is 0.138 e. The standard InChI is InChI=1S/C19H14FN3S/c20-15-8-6-13(7-9-15)11-21-18-16-10-17(14-4-2-1-3-5-14)24-19(16)23-12-22-18/h1-10,12H,11H2,(H,21,22,23). The first kappa shape index (κ1) is 14.8. The lowest BCUT2D eigenvalue weighted by Crippen LogP contribution is -2.01. The number of hydrogen-bond acceptors (Lipinski definition) is 4. The van der Waals surface area contributed by atoms with Crippen LogP contribution < -0.4 is 5.32 Å². The van der Waals surface area contributed by atoms with E-state index < -0.39 is 0 Å². The number of nitrogens with one attached hydrogen (secondary N) is 1. The van der Waals surface area contributed by atoms with Crippen LogP contribution in [0, 0.1) is 5.82 Å². The minimum absolute atomic E-state index is 0.228. The summed E-state index contributed by atoms with van der Waals surface area (Å²) in [5.41, 5.74) is 2.17. The van der Waals surface area contributed by atoms with Crippen LogP contribution in [0.2, 0.25) is 0 Å². The van der Waals surface area contributed by atoms with Crippen LogP contribution in [0.25, 0.3) is 20.7 Å². The molecular weight excluding hydrogens is 321 g/mol. The number of nitrogens with zero attached hydrogens (tertiary/aromatic N) is 2. The highest BCUT2D eigenvalue weighted by Gasteiger charge is 2.10. The molecule has 0 atom stereocenters. The summed E-state index contributed by atoms with van der Waals surface area (Å²) in [4.78, 5) is 10.8. The molecule has 0 aliphatic carbocycles. The van der Waals surface area contributed by atoms with E-state index in [-0.39, 0.29) is 5.82 Å². The number of aromatic nitrogens is 2. The molecule has 0 bridgehead atoms. The van der Waals surface area contributed by atoms with Gasteiger partial charge in [0.15, 0.2) is 0 Å². The van der Waals surface area contributed by atoms with Crippen LogP contribution >= 0.6 is 11.3 Å². The zero-order chi connectivity index (χ0) is 16.4. The molecular formula is C19H14FN3S. The molecule has 118 valence electrons. The minimum atomic E-state index is -0.228. The maximum atomic E-state index is 13.0. The van der Waals surface area contributed by atoms with Gasteiger partial charge in [0.2, 0.25) is 0 Å². The highest BCUT2D eigenvalue weighted by Crippen LogP contribution is 2.34. The first-order valence-electron chi connectivity index (χ1n) is 7.58. The Morgan fingerprint density at radius 3 is 2.54 bits per heavy atom. The zero-order valence-electron chi connectivity index (χ0n) is 12.7. The van der Waals surface area contributed by atoms with Gasteiger partial charge in [0.25, 0.3) is 0 Å². The summed E-state index contributed by atoms with van der Waals surface area (Å²) in [5.74, 6) is 0.566. The maximum absolute atomic E-state index is 13.0. The fourth-order valence-corrected chi connectivity index (χ4v) is 3.53. The van der Waals surface area contributed by atoms with Crippen molar-refractivity contribution >= 4 is 27.4 Å². The van der Waals surface area contributed by atoms with Gasteiger partial charge in [0, 0.05) is 11.4 Å². The molecule has 0 aliphatic rings. The average molecular weight is 335 g/mol. The van der Waals surface area contributed by atoms with E-state index in [2.05, 4.69) is 33.5 Å². The van der Waals surface area contributed by atoms with Crippen molar-refractivity contribution in [3.8, 4) is 10.4 Å². The Morgan fingerprint density at radius 2 is 1.75 bits per heavy atom. The van der Waals surface area contributed by atoms with E-state index in [1.54, 1.807) is 29.8 Å². The van der Waals surface area contributed by atoms with Crippen molar-refractivity contribution in [2.75, 3.05) is 5.32 Å². The predicted octanol–water partition coefficient (Wildman–Crippen LogP) is 5.11. The maximum Gasteiger partial charge on any atom is 0.138 e. The van der Waals surface area contributed by atoms with E-state index in [1.807, 2.05) is 18.2 Å². The Hall–Kier alpha value is -2.79. The van der Waals surface area contributed by atoms with Crippen molar-refractivity contribution in [2.24, 2.45) is 0 Å². The van der Waals surface area contributed by atoms with Crippen molar-refractivity contribution in [3.63, 3.8) is 0 Å². The van der Waals surface area contributed by atoms with Crippen molar-refractivity contribution in [2.45, 2.75) is 6.54 Å². The van der Waals surface area contributed by atoms with E-state index in [0.29, 0.717) is 6.54 Å². The molecule has 0 fully saturated rings. The molecule has 2 aromatic carbocycles. The highest BCUT2D eigenvalue weighted by atomic mass is 32.1. The second-order valence-electron chi connectivity index (χ2n) is 5.40. The van der Waals surface area contributed by atoms with Crippen LogP contribution in [0.1, 0.15) is 5.56 Å². The molecule has 1 N–H and O–H groups in total. The predicted molar refractivity (Wildman–Crippen MR) is 96.6 cm³/mol. The Bertz CT molecular complexity index is 965. The summed E-state index contributed by atoms with van der Waals surface area (Å²) in [7, 11) is 0. The number of benzene rings is 2. The third-order valence-electron chi connectivity index (χ3n) is 3.76. The normalized spacial score (nSPS) is 10.9. The number of rotatable bonds is 4. The fraction of sp³-hybridized carbons (Fsp3) is 0.0526. The van der Waals surface area contributed by atoms with Crippen LogP contribution in [0.5, 0.6) is 0 Å². The Morgan fingerprint density at radius 1 is 0.958 bits per heavy atom. The molecule has 0 spiro atoms. The van der Waals surface area contributed by atoms with Gasteiger partial charge in [0.1, 0.15) is 22.8 Å². The molecule has 4 rings (SSSR count). The van der Waals surface area contributed by atoms with E-state index in [4.69, 9.17) is 0 Å². The number of halogens is 1. The fourth-order valence-electron chi connectivity index (χ4n) is 2.53. The van der Waals surface area contributed by atoms with Gasteiger partial charge < -0.3 is 5.32 Å². The summed E-state index contributed by atoms with van der Waals surface area (Å²) in [6.45, 7) is 0.586. The second kappa shape index (κ2) is 6.37. The first-order valence-corrected chi connectivity index (χ1v) is 8.39. The molecule has 0 unspecified atom stereocenters. The molecule has 0 radical (unpaired) electrons. The van der Waals surface area contributed by atoms with E-state index in [9.17, 15) is 4.39 Å². The largest absolute Gasteiger partial charge is 0.365 e. The number of hydrogen-bond donors (Lipinski definition) is 1. The third kappa shape index (κ3) is 2.98. The summed E-state index contributed by atoms with van der Waals surface area (Å²) in [6, 6.07) is 18.8. The molecule has 2 aromatic heterocycles. The van der Waals surface area contributed by atoms with E-state index in [0.717, 1.165) is 26.5 Å². The highest BCUT2D eigenvalue weighted by molar-refractivity contribution is 7.21. The lowest BCUT2D eigenvalue weighted by atomic mass is 10.2. The van der Waals surface area contributed by atoms with E-state index >= 15 is 0 Å². The van der Waals surface area contributed by atoms with Gasteiger partial charge in [-0.2, -0.15) is 0 Å². The van der Waals surface area contributed by atoms with Crippen molar-refractivity contribution < 1.29 is 4.39 Å². The topological polar surface area (TPSA) is 37.8 Å². The lowest BCUT2D eigenvalue weighted by molar-refractivity contribution is 0.627. The van der Waals surface area contributed by atoms with Crippen LogP contribution in [0.3, 0.4) is 0 Å². The number of fused-ring (bicyclic) bond motifs is 1. The van der Waals surface area contributed by atoms with Gasteiger partial charge in [-0.05, 0) is 29.3 Å². The van der Waals surface area contributed by atoms with Gasteiger partial charge in [0.05, 0.1) is 5.39 Å². The van der Waals surface area contributed by atoms with Gasteiger partial charge in [-0.15, -0.1) is 11.3 Å². The lowest BCUT2D eigenvalue weighted by Gasteiger charge is -2.06. The van der Waals surface area contributed by atoms with Gasteiger partial charge in [-0.3, -0.25) is 0 Å². The Kier molecular flexibility index (Phi) is 3.92. The molecule has 0 amide bonds. The quantitative estimate of drug-likeness (QED) is 0.563. The molecule has 0 aliphatic heterocycles. The summed E-state index contributed by atoms with van der Waals surface area (Å²) in [6.07, 6.45) is 1.57. The Labute approximate surface area is 142 Å². The summed E-state index contributed by atoms with van der Waals surface area (Å²) >= 11 is 1.65. The monoisotopic (exact) mass is 335 g/mol. The third-order valence-corrected chi connectivity index (χ3v) is 4.85. The molecule has 3 nitrogen and oxygen atoms in total. The summed E-state index contributed by atoms with van der Waals surface area (Å²) < 4.78 is 13.0. The van der Waals surface area contributed by atoms with Crippen molar-refractivity contribution in [3.05, 3.63) is 78.4 Å². The van der Waals surface area contributed by atoms with Crippen LogP contribution in [0.4, 0.5) is 10.2 Å². The summed E-state index contributed by atoms with van der Waals surface area (Å²) in [5, 5.41) is 4.32. The van der Waals surface area contributed by atoms with Crippen LogP contribution in [-0.4, -0.2) is 9.97 Å². The van der Waals surface area contributed by atoms with E-state index in [1.165, 1.54) is 17.7 Å². The van der Waals surface area contributed by atoms with Crippen LogP contribution in [0.15, 0.2) is 67.0 Å². The minimum Gasteiger partial charge on any atom is -0.365 e. The van der Waals surface area contributed by atoms with Gasteiger partial charge in [-0.1, -0.05) is 42.5 Å². The van der Waals surface area contributed by atoms with Gasteiger partial charge >= 0.3 is 0 Å². The number of thiophene rings is 1. The van der Waals surface area contributed by atoms with Gasteiger partial charge in [-0.25, -0.2) is 14.4 Å². The molecule has 0 saturated carbocycles. The number of anilines is 1. The average Bonchev–Trinajstić information content (AvgIpc) is 3.07. The van der Waals surface area contributed by atoms with Crippen LogP contribution in [-0.2, 0) is 6.54 Å². The zero-order valence-corrected chi connectivity index (χ0v) is 13.6. The molecule has 2 heterocycles. The van der Waals surface area contributed by atoms with Crippen molar-refractivity contribution in [1.29, 1.82) is 0 Å². The SMILES string of the molecule is Fc1ccc(CNc2ncnc3sc(-c4ccccc4)cc23)cc1. The molecule has 24 heavy (non-hydrogen) atoms. The molecule has 5 heteroatoms. The second-order valence-corrected chi connectivity index (χ2v) is 6.43. The molecule has 0 saturated heterocycles. The first-order chi connectivity index (χ1) is 11.8. The molecule has 4 aromatic rings.